The minimum atomic E-state index is -0.906. The maximum atomic E-state index is 10.9. The van der Waals surface area contributed by atoms with Crippen molar-refractivity contribution in [3.8, 4) is 0 Å². The Balaban J connectivity index is 2.49. The molecule has 1 heterocycles. The number of hydrogen-bond acceptors (Lipinski definition) is 2. The molecule has 1 aliphatic rings. The van der Waals surface area contributed by atoms with Gasteiger partial charge in [-0.1, -0.05) is 6.92 Å². The van der Waals surface area contributed by atoms with E-state index >= 15 is 0 Å². The third-order valence-corrected chi connectivity index (χ3v) is 2.91. The molecule has 0 spiro atoms. The van der Waals surface area contributed by atoms with E-state index in [1.165, 1.54) is 0 Å². The highest BCUT2D eigenvalue weighted by atomic mass is 16.4. The van der Waals surface area contributed by atoms with Crippen molar-refractivity contribution in [1.82, 2.24) is 9.78 Å². The summed E-state index contributed by atoms with van der Waals surface area (Å²) in [4.78, 5) is 10.9. The van der Waals surface area contributed by atoms with Gasteiger partial charge in [0.1, 0.15) is 0 Å². The highest BCUT2D eigenvalue weighted by Crippen LogP contribution is 2.27. The highest BCUT2D eigenvalue weighted by Gasteiger charge is 2.25. The van der Waals surface area contributed by atoms with Crippen LogP contribution in [0.4, 0.5) is 0 Å². The van der Waals surface area contributed by atoms with Gasteiger partial charge in [0.05, 0.1) is 0 Å². The number of aryl methyl sites for hydroxylation is 1. The van der Waals surface area contributed by atoms with E-state index in [4.69, 9.17) is 5.11 Å². The second kappa shape index (κ2) is 3.12. The fraction of sp³-hybridized carbons (Fsp3) is 0.600. The van der Waals surface area contributed by atoms with Crippen LogP contribution in [0.2, 0.25) is 0 Å². The summed E-state index contributed by atoms with van der Waals surface area (Å²) in [6.45, 7) is 2.19. The number of nitrogens with zero attached hydrogens (tertiary/aromatic N) is 2. The summed E-state index contributed by atoms with van der Waals surface area (Å²) in [5, 5.41) is 13.0. The molecule has 2 rings (SSSR count). The van der Waals surface area contributed by atoms with E-state index in [0.717, 1.165) is 30.5 Å². The predicted molar refractivity (Wildman–Crippen MR) is 51.4 cm³/mol. The Labute approximate surface area is 82.5 Å². The molecule has 0 radical (unpaired) electrons. The molecule has 14 heavy (non-hydrogen) atoms. The summed E-state index contributed by atoms with van der Waals surface area (Å²) < 4.78 is 1.72. The highest BCUT2D eigenvalue weighted by molar-refractivity contribution is 5.87. The number of carbonyl (C=O) groups is 1. The lowest BCUT2D eigenvalue weighted by Gasteiger charge is -2.18. The Hall–Kier alpha value is -1.32. The van der Waals surface area contributed by atoms with Crippen LogP contribution >= 0.6 is 0 Å². The standard InChI is InChI=1S/C10H14N2O2/c1-6-3-4-7-8(5-6)12(2)11-9(7)10(13)14/h6H,3-5H2,1-2H3,(H,13,14). The molecule has 0 bridgehead atoms. The van der Waals surface area contributed by atoms with E-state index in [2.05, 4.69) is 12.0 Å². The molecule has 1 aromatic heterocycles. The van der Waals surface area contributed by atoms with Crippen molar-refractivity contribution in [2.24, 2.45) is 13.0 Å². The number of carboxylic acid groups (broad SMARTS) is 1. The molecular weight excluding hydrogens is 180 g/mol. The molecule has 4 heteroatoms. The molecule has 76 valence electrons. The fourth-order valence-electron chi connectivity index (χ4n) is 2.12. The quantitative estimate of drug-likeness (QED) is 0.731. The van der Waals surface area contributed by atoms with Crippen LogP contribution in [0.5, 0.6) is 0 Å². The van der Waals surface area contributed by atoms with Gasteiger partial charge in [0.25, 0.3) is 0 Å². The Kier molecular flexibility index (Phi) is 2.06. The maximum absolute atomic E-state index is 10.9. The lowest BCUT2D eigenvalue weighted by Crippen LogP contribution is -2.14. The lowest BCUT2D eigenvalue weighted by molar-refractivity contribution is 0.0688. The first kappa shape index (κ1) is 9.24. The van der Waals surface area contributed by atoms with E-state index in [1.807, 2.05) is 7.05 Å². The molecule has 0 saturated carbocycles. The van der Waals surface area contributed by atoms with Gasteiger partial charge in [-0.2, -0.15) is 5.10 Å². The van der Waals surface area contributed by atoms with Gasteiger partial charge in [-0.3, -0.25) is 4.68 Å². The zero-order chi connectivity index (χ0) is 10.3. The van der Waals surface area contributed by atoms with Gasteiger partial charge in [-0.25, -0.2) is 4.79 Å². The van der Waals surface area contributed by atoms with Crippen molar-refractivity contribution < 1.29 is 9.90 Å². The molecule has 0 aliphatic heterocycles. The number of rotatable bonds is 1. The number of hydrogen-bond donors (Lipinski definition) is 1. The summed E-state index contributed by atoms with van der Waals surface area (Å²) in [5.74, 6) is -0.268. The van der Waals surface area contributed by atoms with Crippen molar-refractivity contribution >= 4 is 5.97 Å². The largest absolute Gasteiger partial charge is 0.476 e. The Morgan fingerprint density at radius 2 is 2.36 bits per heavy atom. The van der Waals surface area contributed by atoms with Crippen molar-refractivity contribution in [2.75, 3.05) is 0 Å². The summed E-state index contributed by atoms with van der Waals surface area (Å²) in [7, 11) is 1.82. The molecule has 1 unspecified atom stereocenters. The van der Waals surface area contributed by atoms with E-state index in [9.17, 15) is 4.79 Å². The molecule has 1 aromatic rings. The third kappa shape index (κ3) is 1.31. The number of carboxylic acids is 1. The average molecular weight is 194 g/mol. The van der Waals surface area contributed by atoms with Crippen molar-refractivity contribution in [2.45, 2.75) is 26.2 Å². The van der Waals surface area contributed by atoms with E-state index < -0.39 is 5.97 Å². The van der Waals surface area contributed by atoms with E-state index in [1.54, 1.807) is 4.68 Å². The van der Waals surface area contributed by atoms with Crippen LogP contribution in [0.1, 0.15) is 35.1 Å². The van der Waals surface area contributed by atoms with Gasteiger partial charge >= 0.3 is 5.97 Å². The molecule has 0 amide bonds. The zero-order valence-electron chi connectivity index (χ0n) is 8.45. The first-order valence-electron chi connectivity index (χ1n) is 4.87. The van der Waals surface area contributed by atoms with Crippen LogP contribution in [0.25, 0.3) is 0 Å². The van der Waals surface area contributed by atoms with Gasteiger partial charge in [-0.15, -0.1) is 0 Å². The summed E-state index contributed by atoms with van der Waals surface area (Å²) in [6.07, 6.45) is 2.87. The molecule has 1 aliphatic carbocycles. The molecule has 0 fully saturated rings. The predicted octanol–water partition coefficient (Wildman–Crippen LogP) is 1.24. The topological polar surface area (TPSA) is 55.1 Å². The lowest BCUT2D eigenvalue weighted by atomic mass is 9.88. The van der Waals surface area contributed by atoms with E-state index in [0.29, 0.717) is 5.92 Å². The van der Waals surface area contributed by atoms with Gasteiger partial charge in [0.15, 0.2) is 5.69 Å². The average Bonchev–Trinajstić information content (AvgIpc) is 2.44. The first-order chi connectivity index (χ1) is 6.59. The SMILES string of the molecule is CC1CCc2c(C(=O)O)nn(C)c2C1. The van der Waals surface area contributed by atoms with Crippen LogP contribution in [-0.4, -0.2) is 20.9 Å². The second-order valence-electron chi connectivity index (χ2n) is 4.05. The summed E-state index contributed by atoms with van der Waals surface area (Å²) >= 11 is 0. The Bertz CT molecular complexity index is 382. The molecule has 1 atom stereocenters. The molecular formula is C10H14N2O2. The summed E-state index contributed by atoms with van der Waals surface area (Å²) in [6, 6.07) is 0. The van der Waals surface area contributed by atoms with Gasteiger partial charge in [0, 0.05) is 18.3 Å². The monoisotopic (exact) mass is 194 g/mol. The van der Waals surface area contributed by atoms with Crippen LogP contribution in [0, 0.1) is 5.92 Å². The second-order valence-corrected chi connectivity index (χ2v) is 4.05. The van der Waals surface area contributed by atoms with Crippen LogP contribution in [0.15, 0.2) is 0 Å². The summed E-state index contributed by atoms with van der Waals surface area (Å²) in [5.41, 5.74) is 2.29. The number of aromatic nitrogens is 2. The number of aromatic carboxylic acids is 1. The van der Waals surface area contributed by atoms with Gasteiger partial charge in [0.2, 0.25) is 0 Å². The molecule has 4 nitrogen and oxygen atoms in total. The van der Waals surface area contributed by atoms with Crippen LogP contribution in [-0.2, 0) is 19.9 Å². The van der Waals surface area contributed by atoms with Gasteiger partial charge < -0.3 is 5.11 Å². The van der Waals surface area contributed by atoms with Crippen LogP contribution < -0.4 is 0 Å². The molecule has 0 saturated heterocycles. The number of fused-ring (bicyclic) bond motifs is 1. The first-order valence-corrected chi connectivity index (χ1v) is 4.87. The van der Waals surface area contributed by atoms with Crippen molar-refractivity contribution in [3.05, 3.63) is 17.0 Å². The minimum Gasteiger partial charge on any atom is -0.476 e. The van der Waals surface area contributed by atoms with Gasteiger partial charge in [-0.05, 0) is 25.2 Å². The Morgan fingerprint density at radius 3 is 3.00 bits per heavy atom. The molecule has 0 aromatic carbocycles. The van der Waals surface area contributed by atoms with E-state index in [-0.39, 0.29) is 5.69 Å². The normalized spacial score (nSPS) is 20.6. The third-order valence-electron chi connectivity index (χ3n) is 2.91. The van der Waals surface area contributed by atoms with Crippen LogP contribution in [0.3, 0.4) is 0 Å². The van der Waals surface area contributed by atoms with Crippen molar-refractivity contribution in [1.29, 1.82) is 0 Å². The zero-order valence-corrected chi connectivity index (χ0v) is 8.45. The fourth-order valence-corrected chi connectivity index (χ4v) is 2.12. The molecule has 1 N–H and O–H groups in total. The Morgan fingerprint density at radius 1 is 1.64 bits per heavy atom. The smallest absolute Gasteiger partial charge is 0.356 e. The minimum absolute atomic E-state index is 0.245. The maximum Gasteiger partial charge on any atom is 0.356 e. The van der Waals surface area contributed by atoms with Crippen molar-refractivity contribution in [3.63, 3.8) is 0 Å².